The van der Waals surface area contributed by atoms with E-state index in [1.54, 1.807) is 0 Å². The van der Waals surface area contributed by atoms with Crippen LogP contribution in [-0.4, -0.2) is 18.1 Å². The number of pyridine rings is 1. The van der Waals surface area contributed by atoms with Crippen molar-refractivity contribution < 1.29 is 0 Å². The van der Waals surface area contributed by atoms with Crippen molar-refractivity contribution in [2.24, 2.45) is 0 Å². The molecule has 1 aromatic carbocycles. The molecule has 0 unspecified atom stereocenters. The summed E-state index contributed by atoms with van der Waals surface area (Å²) < 4.78 is 0. The highest BCUT2D eigenvalue weighted by atomic mass is 35.5. The maximum absolute atomic E-state index is 6.03. The number of hydrogen-bond donors (Lipinski definition) is 0. The molecule has 0 spiro atoms. The summed E-state index contributed by atoms with van der Waals surface area (Å²) in [6, 6.07) is 11.2. The summed E-state index contributed by atoms with van der Waals surface area (Å²) in [6.45, 7) is 0. The van der Waals surface area contributed by atoms with E-state index in [0.717, 1.165) is 11.2 Å². The van der Waals surface area contributed by atoms with Gasteiger partial charge in [-0.1, -0.05) is 43.9 Å². The summed E-state index contributed by atoms with van der Waals surface area (Å²) >= 11 is 6.03. The lowest BCUT2D eigenvalue weighted by atomic mass is 10.0. The van der Waals surface area contributed by atoms with E-state index in [-0.39, 0.29) is 0 Å². The second-order valence-electron chi connectivity index (χ2n) is 6.04. The van der Waals surface area contributed by atoms with Crippen molar-refractivity contribution >= 4 is 28.2 Å². The zero-order valence-electron chi connectivity index (χ0n) is 12.7. The van der Waals surface area contributed by atoms with Gasteiger partial charge in [-0.2, -0.15) is 0 Å². The van der Waals surface area contributed by atoms with Gasteiger partial charge in [-0.25, -0.2) is 0 Å². The minimum Gasteiger partial charge on any atom is -0.371 e. The van der Waals surface area contributed by atoms with Gasteiger partial charge in [0.15, 0.2) is 0 Å². The summed E-state index contributed by atoms with van der Waals surface area (Å²) in [7, 11) is 2.23. The zero-order chi connectivity index (χ0) is 14.7. The Labute approximate surface area is 132 Å². The minimum atomic E-state index is 0.469. The minimum absolute atomic E-state index is 0.469. The predicted molar refractivity (Wildman–Crippen MR) is 91.2 cm³/mol. The molecule has 1 saturated carbocycles. The van der Waals surface area contributed by atoms with Crippen LogP contribution in [0.4, 0.5) is 5.69 Å². The Hall–Kier alpha value is -1.28. The van der Waals surface area contributed by atoms with Crippen molar-refractivity contribution in [2.75, 3.05) is 11.9 Å². The molecule has 0 bridgehead atoms. The summed E-state index contributed by atoms with van der Waals surface area (Å²) in [5.41, 5.74) is 3.29. The van der Waals surface area contributed by atoms with Crippen LogP contribution in [0, 0.1) is 0 Å². The van der Waals surface area contributed by atoms with Crippen LogP contribution in [0.2, 0.25) is 0 Å². The Morgan fingerprint density at radius 2 is 1.86 bits per heavy atom. The fraction of sp³-hybridized carbons (Fsp3) is 0.500. The lowest BCUT2D eigenvalue weighted by Crippen LogP contribution is -2.31. The van der Waals surface area contributed by atoms with E-state index in [1.165, 1.54) is 49.6 Å². The fourth-order valence-corrected chi connectivity index (χ4v) is 3.55. The Kier molecular flexibility index (Phi) is 4.64. The average Bonchev–Trinajstić information content (AvgIpc) is 2.82. The van der Waals surface area contributed by atoms with Gasteiger partial charge in [0.05, 0.1) is 17.1 Å². The van der Waals surface area contributed by atoms with E-state index in [2.05, 4.69) is 41.2 Å². The highest BCUT2D eigenvalue weighted by Gasteiger charge is 2.19. The van der Waals surface area contributed by atoms with E-state index in [4.69, 9.17) is 11.6 Å². The summed E-state index contributed by atoms with van der Waals surface area (Å²) in [6.07, 6.45) is 8.05. The summed E-state index contributed by atoms with van der Waals surface area (Å²) in [5, 5.41) is 1.23. The van der Waals surface area contributed by atoms with Crippen molar-refractivity contribution in [1.82, 2.24) is 4.98 Å². The molecule has 21 heavy (non-hydrogen) atoms. The number of rotatable bonds is 3. The van der Waals surface area contributed by atoms with Gasteiger partial charge >= 0.3 is 0 Å². The zero-order valence-corrected chi connectivity index (χ0v) is 13.4. The monoisotopic (exact) mass is 302 g/mol. The van der Waals surface area contributed by atoms with Gasteiger partial charge in [0, 0.05) is 24.2 Å². The van der Waals surface area contributed by atoms with Gasteiger partial charge in [-0.3, -0.25) is 4.98 Å². The van der Waals surface area contributed by atoms with Crippen LogP contribution in [0.15, 0.2) is 30.3 Å². The van der Waals surface area contributed by atoms with Crippen molar-refractivity contribution in [3.05, 3.63) is 36.0 Å². The van der Waals surface area contributed by atoms with E-state index in [0.29, 0.717) is 11.9 Å². The van der Waals surface area contributed by atoms with Crippen LogP contribution in [-0.2, 0) is 5.88 Å². The number of hydrogen-bond acceptors (Lipinski definition) is 2. The van der Waals surface area contributed by atoms with Crippen molar-refractivity contribution in [3.8, 4) is 0 Å². The van der Waals surface area contributed by atoms with Crippen LogP contribution >= 0.6 is 11.6 Å². The molecule has 112 valence electrons. The number of halogens is 1. The number of benzene rings is 1. The molecule has 0 amide bonds. The average molecular weight is 303 g/mol. The Morgan fingerprint density at radius 3 is 2.57 bits per heavy atom. The molecule has 2 nitrogen and oxygen atoms in total. The number of para-hydroxylation sites is 1. The topological polar surface area (TPSA) is 16.1 Å². The SMILES string of the molecule is CN(c1cc(CCl)nc2ccccc12)C1CCCCCC1. The van der Waals surface area contributed by atoms with Crippen molar-refractivity contribution in [2.45, 2.75) is 50.4 Å². The first-order chi connectivity index (χ1) is 10.3. The maximum Gasteiger partial charge on any atom is 0.0726 e. The smallest absolute Gasteiger partial charge is 0.0726 e. The molecular weight excluding hydrogens is 280 g/mol. The fourth-order valence-electron chi connectivity index (χ4n) is 3.41. The van der Waals surface area contributed by atoms with Crippen molar-refractivity contribution in [1.29, 1.82) is 0 Å². The number of nitrogens with zero attached hydrogens (tertiary/aromatic N) is 2. The van der Waals surface area contributed by atoms with Gasteiger partial charge in [0.2, 0.25) is 0 Å². The molecule has 1 aromatic heterocycles. The van der Waals surface area contributed by atoms with Crippen LogP contribution in [0.3, 0.4) is 0 Å². The van der Waals surface area contributed by atoms with Gasteiger partial charge in [-0.15, -0.1) is 11.6 Å². The number of aromatic nitrogens is 1. The van der Waals surface area contributed by atoms with Gasteiger partial charge in [0.25, 0.3) is 0 Å². The molecule has 0 saturated heterocycles. The number of alkyl halides is 1. The van der Waals surface area contributed by atoms with Crippen LogP contribution in [0.1, 0.15) is 44.2 Å². The molecule has 0 radical (unpaired) electrons. The van der Waals surface area contributed by atoms with Crippen LogP contribution in [0.5, 0.6) is 0 Å². The van der Waals surface area contributed by atoms with E-state index in [1.807, 2.05) is 6.07 Å². The summed E-state index contributed by atoms with van der Waals surface area (Å²) in [5.74, 6) is 0.469. The standard InChI is InChI=1S/C18H23ClN2/c1-21(15-8-4-2-3-5-9-15)18-12-14(13-19)20-17-11-7-6-10-16(17)18/h6-7,10-12,15H,2-5,8-9,13H2,1H3. The highest BCUT2D eigenvalue weighted by Crippen LogP contribution is 2.31. The molecule has 1 aliphatic rings. The normalized spacial score (nSPS) is 16.9. The first-order valence-corrected chi connectivity index (χ1v) is 8.50. The molecule has 1 fully saturated rings. The lowest BCUT2D eigenvalue weighted by molar-refractivity contribution is 0.554. The molecule has 3 heteroatoms. The quantitative estimate of drug-likeness (QED) is 0.577. The Balaban J connectivity index is 2.01. The summed E-state index contributed by atoms with van der Waals surface area (Å²) in [4.78, 5) is 7.11. The Morgan fingerprint density at radius 1 is 1.14 bits per heavy atom. The molecule has 3 rings (SSSR count). The molecule has 1 heterocycles. The van der Waals surface area contributed by atoms with Gasteiger partial charge < -0.3 is 4.90 Å². The second-order valence-corrected chi connectivity index (χ2v) is 6.31. The molecule has 0 atom stereocenters. The lowest BCUT2D eigenvalue weighted by Gasteiger charge is -2.30. The molecule has 0 N–H and O–H groups in total. The third-order valence-electron chi connectivity index (χ3n) is 4.64. The first-order valence-electron chi connectivity index (χ1n) is 7.97. The van der Waals surface area contributed by atoms with Gasteiger partial charge in [-0.05, 0) is 25.0 Å². The second kappa shape index (κ2) is 6.65. The van der Waals surface area contributed by atoms with Gasteiger partial charge in [0.1, 0.15) is 0 Å². The predicted octanol–water partition coefficient (Wildman–Crippen LogP) is 5.13. The van der Waals surface area contributed by atoms with Crippen LogP contribution in [0.25, 0.3) is 10.9 Å². The number of anilines is 1. The molecular formula is C18H23ClN2. The third kappa shape index (κ3) is 3.16. The molecule has 1 aliphatic carbocycles. The van der Waals surface area contributed by atoms with Crippen LogP contribution < -0.4 is 4.90 Å². The van der Waals surface area contributed by atoms with E-state index >= 15 is 0 Å². The highest BCUT2D eigenvalue weighted by molar-refractivity contribution is 6.17. The maximum atomic E-state index is 6.03. The first kappa shape index (κ1) is 14.6. The third-order valence-corrected chi connectivity index (χ3v) is 4.91. The Bertz CT molecular complexity index is 603. The molecule has 2 aromatic rings. The number of fused-ring (bicyclic) bond motifs is 1. The van der Waals surface area contributed by atoms with E-state index in [9.17, 15) is 0 Å². The van der Waals surface area contributed by atoms with E-state index < -0.39 is 0 Å². The largest absolute Gasteiger partial charge is 0.371 e. The van der Waals surface area contributed by atoms with Crippen molar-refractivity contribution in [3.63, 3.8) is 0 Å². The molecule has 0 aliphatic heterocycles.